The summed E-state index contributed by atoms with van der Waals surface area (Å²) < 4.78 is 74.4. The first-order valence-corrected chi connectivity index (χ1v) is 19.9. The zero-order chi connectivity index (χ0) is 38.6. The van der Waals surface area contributed by atoms with Crippen LogP contribution in [0, 0.1) is 17.6 Å². The molecular weight excluding hydrogens is 741 g/mol. The molecule has 4 aromatic rings. The molecule has 2 aliphatic carbocycles. The summed E-state index contributed by atoms with van der Waals surface area (Å²) in [5.41, 5.74) is -0.600. The van der Waals surface area contributed by atoms with Crippen molar-refractivity contribution < 1.29 is 50.3 Å². The first-order chi connectivity index (χ1) is 26.4. The van der Waals surface area contributed by atoms with E-state index in [2.05, 4.69) is 20.3 Å². The topological polar surface area (TPSA) is 186 Å². The van der Waals surface area contributed by atoms with Crippen molar-refractivity contribution in [2.75, 3.05) is 13.7 Å². The summed E-state index contributed by atoms with van der Waals surface area (Å²) in [6.45, 7) is -0.176. The Morgan fingerprint density at radius 1 is 1.04 bits per heavy atom. The molecule has 4 heterocycles. The number of alkyl carbamates (subject to hydrolysis) is 1. The number of methoxy groups -OCH3 is 1. The Hall–Kier alpha value is -5.32. The molecule has 5 atom stereocenters. The number of nitrogens with zero attached hydrogens (tertiary/aromatic N) is 2. The molecule has 2 saturated carbocycles. The highest BCUT2D eigenvalue weighted by Crippen LogP contribution is 2.46. The molecule has 0 radical (unpaired) electrons. The van der Waals surface area contributed by atoms with Gasteiger partial charge in [0, 0.05) is 23.1 Å². The maximum atomic E-state index is 14.7. The van der Waals surface area contributed by atoms with Crippen molar-refractivity contribution in [2.24, 2.45) is 5.92 Å². The number of rotatable bonds is 6. The Labute approximate surface area is 314 Å². The molecule has 17 heteroatoms. The monoisotopic (exact) mass is 779 g/mol. The average molecular weight is 780 g/mol. The summed E-state index contributed by atoms with van der Waals surface area (Å²) in [6.07, 6.45) is 5.77. The molecule has 290 valence electrons. The third-order valence-electron chi connectivity index (χ3n) is 10.9. The van der Waals surface area contributed by atoms with Gasteiger partial charge in [0.2, 0.25) is 21.8 Å². The number of furan rings is 1. The molecule has 1 saturated heterocycles. The van der Waals surface area contributed by atoms with Gasteiger partial charge < -0.3 is 29.4 Å². The molecule has 4 amide bonds. The predicted molar refractivity (Wildman–Crippen MR) is 194 cm³/mol. The van der Waals surface area contributed by atoms with Crippen molar-refractivity contribution in [2.45, 2.75) is 86.8 Å². The molecule has 0 unspecified atom stereocenters. The molecule has 0 spiro atoms. The number of amides is 4. The van der Waals surface area contributed by atoms with E-state index < -0.39 is 80.4 Å². The maximum Gasteiger partial charge on any atom is 0.407 e. The fourth-order valence-electron chi connectivity index (χ4n) is 7.68. The third kappa shape index (κ3) is 7.05. The van der Waals surface area contributed by atoms with E-state index in [0.29, 0.717) is 48.6 Å². The number of ether oxygens (including phenoxy) is 2. The van der Waals surface area contributed by atoms with Crippen LogP contribution in [0.3, 0.4) is 0 Å². The minimum absolute atomic E-state index is 0.0643. The van der Waals surface area contributed by atoms with Crippen LogP contribution in [0.2, 0.25) is 0 Å². The number of carbonyl (C=O) groups is 4. The lowest BCUT2D eigenvalue weighted by Gasteiger charge is -2.29. The number of allylic oxidation sites excluding steroid dienone is 1. The van der Waals surface area contributed by atoms with Crippen LogP contribution < -0.4 is 20.1 Å². The predicted octanol–water partition coefficient (Wildman–Crippen LogP) is 4.49. The van der Waals surface area contributed by atoms with Gasteiger partial charge in [0.15, 0.2) is 11.3 Å². The van der Waals surface area contributed by atoms with Crippen molar-refractivity contribution in [3.63, 3.8) is 0 Å². The van der Waals surface area contributed by atoms with Crippen molar-refractivity contribution in [3.05, 3.63) is 60.2 Å². The van der Waals surface area contributed by atoms with Gasteiger partial charge in [-0.25, -0.2) is 27.0 Å². The largest absolute Gasteiger partial charge is 0.484 e. The number of fused-ring (bicyclic) bond motifs is 6. The highest BCUT2D eigenvalue weighted by atomic mass is 32.2. The zero-order valence-corrected chi connectivity index (χ0v) is 30.6. The summed E-state index contributed by atoms with van der Waals surface area (Å²) in [5, 5.41) is 5.33. The number of pyridine rings is 1. The van der Waals surface area contributed by atoms with E-state index in [1.165, 1.54) is 48.4 Å². The van der Waals surface area contributed by atoms with Crippen LogP contribution in [0.15, 0.2) is 53.0 Å². The lowest BCUT2D eigenvalue weighted by atomic mass is 10.1. The zero-order valence-electron chi connectivity index (χ0n) is 29.8. The fraction of sp³-hybridized carbons (Fsp3) is 0.447. The molecule has 14 nitrogen and oxygen atoms in total. The van der Waals surface area contributed by atoms with Crippen LogP contribution in [-0.4, -0.2) is 84.7 Å². The SMILES string of the molecule is COC(=O)N[C@H]1CCCCCC=C[C@@H]2C[C@@]2(C(=O)NS(=O)(=O)C2CC2)NC(=O)[C@@H]2C[C@@H](Oc3c4cc(F)ccc4nc4c3oc3ccc(F)cc34)CN2C1=O. The molecule has 55 heavy (non-hydrogen) atoms. The molecule has 3 fully saturated rings. The number of aromatic nitrogens is 1. The van der Waals surface area contributed by atoms with Gasteiger partial charge in [-0.1, -0.05) is 25.0 Å². The summed E-state index contributed by atoms with van der Waals surface area (Å²) in [7, 11) is -2.78. The normalized spacial score (nSPS) is 26.1. The van der Waals surface area contributed by atoms with Gasteiger partial charge in [-0.15, -0.1) is 0 Å². The Morgan fingerprint density at radius 3 is 2.56 bits per heavy atom. The Kier molecular flexibility index (Phi) is 9.38. The average Bonchev–Trinajstić information content (AvgIpc) is 4.06. The van der Waals surface area contributed by atoms with Gasteiger partial charge in [0.05, 0.1) is 24.4 Å². The first kappa shape index (κ1) is 36.6. The van der Waals surface area contributed by atoms with E-state index in [9.17, 15) is 36.4 Å². The molecule has 4 aliphatic rings. The molecule has 0 bridgehead atoms. The van der Waals surface area contributed by atoms with Gasteiger partial charge in [-0.05, 0) is 74.9 Å². The highest BCUT2D eigenvalue weighted by Gasteiger charge is 2.62. The van der Waals surface area contributed by atoms with E-state index in [1.807, 2.05) is 12.2 Å². The van der Waals surface area contributed by atoms with E-state index in [-0.39, 0.29) is 48.0 Å². The molecule has 2 aromatic carbocycles. The smallest absolute Gasteiger partial charge is 0.407 e. The molecular formula is C38H39F2N5O9S. The van der Waals surface area contributed by atoms with Crippen molar-refractivity contribution >= 4 is 66.8 Å². The number of benzene rings is 2. The van der Waals surface area contributed by atoms with Crippen LogP contribution in [0.4, 0.5) is 13.6 Å². The molecule has 2 aromatic heterocycles. The van der Waals surface area contributed by atoms with Crippen molar-refractivity contribution in [3.8, 4) is 5.75 Å². The van der Waals surface area contributed by atoms with E-state index >= 15 is 0 Å². The van der Waals surface area contributed by atoms with Gasteiger partial charge in [-0.2, -0.15) is 0 Å². The summed E-state index contributed by atoms with van der Waals surface area (Å²) in [4.78, 5) is 60.8. The van der Waals surface area contributed by atoms with E-state index in [0.717, 1.165) is 6.42 Å². The fourth-order valence-corrected chi connectivity index (χ4v) is 9.05. The van der Waals surface area contributed by atoms with Crippen LogP contribution >= 0.6 is 0 Å². The van der Waals surface area contributed by atoms with E-state index in [1.54, 1.807) is 0 Å². The standard InChI is InChI=1S/C38H39F2N5O9S/c1-52-37(49)42-28-8-6-4-2-3-5-7-20-18-38(20,36(48)44-55(50,51)24-11-12-24)43-34(46)29-17-23(19-45(29)35(28)47)53-32-25-15-21(39)9-13-27(25)41-31-26-16-22(40)10-14-30(26)54-33(31)32/h5,7,9-10,13-16,20,23-24,28-29H,2-4,6,8,11-12,17-19H2,1H3,(H,42,49)(H,43,46)(H,44,48)/t20-,23-,28+,29+,38-/m1/s1. The van der Waals surface area contributed by atoms with Crippen molar-refractivity contribution in [1.82, 2.24) is 25.2 Å². The summed E-state index contributed by atoms with van der Waals surface area (Å²) in [6, 6.07) is 5.49. The Balaban J connectivity index is 1.17. The maximum absolute atomic E-state index is 14.7. The van der Waals surface area contributed by atoms with Gasteiger partial charge in [-0.3, -0.25) is 19.1 Å². The number of carbonyl (C=O) groups excluding carboxylic acids is 4. The van der Waals surface area contributed by atoms with E-state index in [4.69, 9.17) is 13.9 Å². The number of hydrogen-bond acceptors (Lipinski definition) is 10. The Morgan fingerprint density at radius 2 is 1.80 bits per heavy atom. The number of hydrogen-bond donors (Lipinski definition) is 3. The quantitative estimate of drug-likeness (QED) is 0.236. The van der Waals surface area contributed by atoms with Gasteiger partial charge in [0.1, 0.15) is 46.5 Å². The molecule has 8 rings (SSSR count). The van der Waals surface area contributed by atoms with Gasteiger partial charge in [0.25, 0.3) is 5.91 Å². The second-order valence-electron chi connectivity index (χ2n) is 14.7. The molecule has 3 N–H and O–H groups in total. The lowest BCUT2D eigenvalue weighted by Crippen LogP contribution is -2.58. The second-order valence-corrected chi connectivity index (χ2v) is 16.7. The van der Waals surface area contributed by atoms with Crippen molar-refractivity contribution in [1.29, 1.82) is 0 Å². The lowest BCUT2D eigenvalue weighted by molar-refractivity contribution is -0.141. The minimum atomic E-state index is -3.95. The van der Waals surface area contributed by atoms with Gasteiger partial charge >= 0.3 is 6.09 Å². The summed E-state index contributed by atoms with van der Waals surface area (Å²) in [5.74, 6) is -3.72. The van der Waals surface area contributed by atoms with Crippen LogP contribution in [0.25, 0.3) is 33.0 Å². The van der Waals surface area contributed by atoms with Crippen LogP contribution in [-0.2, 0) is 29.1 Å². The first-order valence-electron chi connectivity index (χ1n) is 18.3. The minimum Gasteiger partial charge on any atom is -0.484 e. The number of sulfonamides is 1. The third-order valence-corrected chi connectivity index (χ3v) is 12.7. The molecule has 2 aliphatic heterocycles. The van der Waals surface area contributed by atoms with Crippen LogP contribution in [0.1, 0.15) is 57.8 Å². The summed E-state index contributed by atoms with van der Waals surface area (Å²) >= 11 is 0. The van der Waals surface area contributed by atoms with Crippen LogP contribution in [0.5, 0.6) is 5.75 Å². The number of halogens is 2. The Bertz CT molecular complexity index is 2380. The highest BCUT2D eigenvalue weighted by molar-refractivity contribution is 7.91. The number of nitrogens with one attached hydrogen (secondary N) is 3. The second kappa shape index (κ2) is 14.1.